The second kappa shape index (κ2) is 3.85. The quantitative estimate of drug-likeness (QED) is 0.558. The Morgan fingerprint density at radius 2 is 1.56 bits per heavy atom. The van der Waals surface area contributed by atoms with Gasteiger partial charge in [-0.25, -0.2) is 0 Å². The third-order valence-electron chi connectivity index (χ3n) is 1.24. The molecule has 2 heteroatoms. The molecule has 0 aromatic carbocycles. The van der Waals surface area contributed by atoms with E-state index in [4.69, 9.17) is 5.73 Å². The van der Waals surface area contributed by atoms with E-state index in [0.29, 0.717) is 12.0 Å². The predicted molar refractivity (Wildman–Crippen MR) is 41.1 cm³/mol. The summed E-state index contributed by atoms with van der Waals surface area (Å²) in [4.78, 5) is 0. The van der Waals surface area contributed by atoms with E-state index in [1.807, 2.05) is 0 Å². The zero-order valence-corrected chi connectivity index (χ0v) is 6.81. The molecule has 1 atom stereocenters. The lowest BCUT2D eigenvalue weighted by molar-refractivity contribution is 0.380. The monoisotopic (exact) mass is 130 g/mol. The second-order valence-corrected chi connectivity index (χ2v) is 3.09. The highest BCUT2D eigenvalue weighted by Crippen LogP contribution is 1.94. The van der Waals surface area contributed by atoms with Crippen LogP contribution in [-0.4, -0.2) is 12.2 Å². The van der Waals surface area contributed by atoms with E-state index in [2.05, 4.69) is 33.0 Å². The van der Waals surface area contributed by atoms with Crippen molar-refractivity contribution in [3.8, 4) is 0 Å². The van der Waals surface area contributed by atoms with Gasteiger partial charge in [0.25, 0.3) is 0 Å². The molecule has 0 bridgehead atoms. The Balaban J connectivity index is 3.38. The molecule has 0 amide bonds. The van der Waals surface area contributed by atoms with Gasteiger partial charge in [0.15, 0.2) is 0 Å². The first-order valence-corrected chi connectivity index (χ1v) is 3.55. The summed E-state index contributed by atoms with van der Waals surface area (Å²) in [6.07, 6.45) is 0.144. The molecule has 0 aliphatic heterocycles. The molecule has 0 radical (unpaired) electrons. The third kappa shape index (κ3) is 4.43. The van der Waals surface area contributed by atoms with Crippen LogP contribution in [0, 0.1) is 5.92 Å². The van der Waals surface area contributed by atoms with Crippen LogP contribution in [0.5, 0.6) is 0 Å². The number of nitrogens with two attached hydrogens (primary N) is 1. The Morgan fingerprint density at radius 3 is 1.67 bits per heavy atom. The minimum atomic E-state index is 0.144. The Hall–Kier alpha value is -0.0800. The van der Waals surface area contributed by atoms with E-state index in [0.717, 1.165) is 0 Å². The van der Waals surface area contributed by atoms with Crippen molar-refractivity contribution < 1.29 is 0 Å². The van der Waals surface area contributed by atoms with Crippen molar-refractivity contribution in [3.05, 3.63) is 0 Å². The Morgan fingerprint density at radius 1 is 1.11 bits per heavy atom. The van der Waals surface area contributed by atoms with Gasteiger partial charge < -0.3 is 5.73 Å². The maximum absolute atomic E-state index is 5.71. The molecule has 2 nitrogen and oxygen atoms in total. The van der Waals surface area contributed by atoms with E-state index in [9.17, 15) is 0 Å². The van der Waals surface area contributed by atoms with Crippen LogP contribution in [0.25, 0.3) is 0 Å². The zero-order chi connectivity index (χ0) is 7.44. The molecule has 0 spiro atoms. The molecule has 0 rings (SSSR count). The number of hydrogen-bond acceptors (Lipinski definition) is 2. The van der Waals surface area contributed by atoms with E-state index < -0.39 is 0 Å². The van der Waals surface area contributed by atoms with E-state index >= 15 is 0 Å². The van der Waals surface area contributed by atoms with E-state index in [1.165, 1.54) is 0 Å². The molecule has 0 aromatic heterocycles. The molecule has 0 aliphatic carbocycles. The van der Waals surface area contributed by atoms with Gasteiger partial charge in [-0.2, -0.15) is 0 Å². The summed E-state index contributed by atoms with van der Waals surface area (Å²) in [7, 11) is 0. The zero-order valence-electron chi connectivity index (χ0n) is 6.81. The molecule has 0 saturated carbocycles. The molecular formula is C7H18N2. The summed E-state index contributed by atoms with van der Waals surface area (Å²) in [5, 5.41) is 3.22. The van der Waals surface area contributed by atoms with Crippen LogP contribution in [-0.2, 0) is 0 Å². The molecule has 0 saturated heterocycles. The molecule has 0 fully saturated rings. The van der Waals surface area contributed by atoms with Gasteiger partial charge >= 0.3 is 0 Å². The fraction of sp³-hybridized carbons (Fsp3) is 1.00. The Labute approximate surface area is 57.8 Å². The Bertz CT molecular complexity index is 69.3. The largest absolute Gasteiger partial charge is 0.316 e. The van der Waals surface area contributed by atoms with Crippen molar-refractivity contribution in [3.63, 3.8) is 0 Å². The van der Waals surface area contributed by atoms with Crippen LogP contribution >= 0.6 is 0 Å². The normalized spacial score (nSPS) is 15.0. The molecule has 3 N–H and O–H groups in total. The van der Waals surface area contributed by atoms with Gasteiger partial charge in [0.1, 0.15) is 0 Å². The highest BCUT2D eigenvalue weighted by Gasteiger charge is 2.06. The van der Waals surface area contributed by atoms with Gasteiger partial charge in [-0.05, 0) is 19.8 Å². The predicted octanol–water partition coefficient (Wildman–Crippen LogP) is 0.925. The summed E-state index contributed by atoms with van der Waals surface area (Å²) in [5.74, 6) is 0.521. The van der Waals surface area contributed by atoms with Crippen molar-refractivity contribution in [2.24, 2.45) is 11.7 Å². The average molecular weight is 130 g/mol. The van der Waals surface area contributed by atoms with Crippen molar-refractivity contribution in [1.82, 2.24) is 5.32 Å². The van der Waals surface area contributed by atoms with Gasteiger partial charge in [0.2, 0.25) is 0 Å². The summed E-state index contributed by atoms with van der Waals surface area (Å²) < 4.78 is 0. The standard InChI is InChI=1S/C7H18N2/c1-5(2)7(8)9-6(3)4/h5-7,9H,8H2,1-4H3. The van der Waals surface area contributed by atoms with Gasteiger partial charge in [-0.1, -0.05) is 13.8 Å². The van der Waals surface area contributed by atoms with Crippen LogP contribution in [0.3, 0.4) is 0 Å². The topological polar surface area (TPSA) is 38.0 Å². The highest BCUT2D eigenvalue weighted by atomic mass is 15.0. The van der Waals surface area contributed by atoms with E-state index in [-0.39, 0.29) is 6.17 Å². The maximum atomic E-state index is 5.71. The van der Waals surface area contributed by atoms with E-state index in [1.54, 1.807) is 0 Å². The average Bonchev–Trinajstić information content (AvgIpc) is 1.63. The van der Waals surface area contributed by atoms with Crippen molar-refractivity contribution in [2.45, 2.75) is 39.9 Å². The van der Waals surface area contributed by atoms with Crippen LogP contribution < -0.4 is 11.1 Å². The molecule has 9 heavy (non-hydrogen) atoms. The molecule has 1 unspecified atom stereocenters. The molecule has 0 aliphatic rings. The Kier molecular flexibility index (Phi) is 3.82. The molecule has 0 aromatic rings. The van der Waals surface area contributed by atoms with Crippen molar-refractivity contribution in [2.75, 3.05) is 0 Å². The van der Waals surface area contributed by atoms with Gasteiger partial charge in [0, 0.05) is 6.04 Å². The SMILES string of the molecule is CC(C)NC(N)C(C)C. The maximum Gasteiger partial charge on any atom is 0.0571 e. The third-order valence-corrected chi connectivity index (χ3v) is 1.24. The van der Waals surface area contributed by atoms with Crippen LogP contribution in [0.1, 0.15) is 27.7 Å². The first-order chi connectivity index (χ1) is 4.04. The highest BCUT2D eigenvalue weighted by molar-refractivity contribution is 4.64. The van der Waals surface area contributed by atoms with Gasteiger partial charge in [0.05, 0.1) is 6.17 Å². The first kappa shape index (κ1) is 8.92. The number of hydrogen-bond donors (Lipinski definition) is 2. The molecule has 56 valence electrons. The summed E-state index contributed by atoms with van der Waals surface area (Å²) in [5.41, 5.74) is 5.71. The summed E-state index contributed by atoms with van der Waals surface area (Å²) >= 11 is 0. The smallest absolute Gasteiger partial charge is 0.0571 e. The summed E-state index contributed by atoms with van der Waals surface area (Å²) in [6, 6.07) is 0.488. The fourth-order valence-electron chi connectivity index (χ4n) is 0.577. The number of rotatable bonds is 3. The minimum absolute atomic E-state index is 0.144. The molecule has 0 heterocycles. The lowest BCUT2D eigenvalue weighted by Crippen LogP contribution is -2.45. The summed E-state index contributed by atoms with van der Waals surface area (Å²) in [6.45, 7) is 8.42. The molecular weight excluding hydrogens is 112 g/mol. The van der Waals surface area contributed by atoms with Gasteiger partial charge in [-0.15, -0.1) is 0 Å². The lowest BCUT2D eigenvalue weighted by atomic mass is 10.1. The fourth-order valence-corrected chi connectivity index (χ4v) is 0.577. The lowest BCUT2D eigenvalue weighted by Gasteiger charge is -2.19. The van der Waals surface area contributed by atoms with Crippen LogP contribution in [0.2, 0.25) is 0 Å². The van der Waals surface area contributed by atoms with Gasteiger partial charge in [-0.3, -0.25) is 5.32 Å². The van der Waals surface area contributed by atoms with Crippen molar-refractivity contribution >= 4 is 0 Å². The van der Waals surface area contributed by atoms with Crippen LogP contribution in [0.15, 0.2) is 0 Å². The second-order valence-electron chi connectivity index (χ2n) is 3.09. The first-order valence-electron chi connectivity index (χ1n) is 3.55. The minimum Gasteiger partial charge on any atom is -0.316 e. The van der Waals surface area contributed by atoms with Crippen LogP contribution in [0.4, 0.5) is 0 Å². The van der Waals surface area contributed by atoms with Crippen molar-refractivity contribution in [1.29, 1.82) is 0 Å². The number of nitrogens with one attached hydrogen (secondary N) is 1.